The fourth-order valence-electron chi connectivity index (χ4n) is 1.82. The number of aromatic nitrogens is 2. The third-order valence-electron chi connectivity index (χ3n) is 3.26. The molecular weight excluding hydrogens is 337 g/mol. The summed E-state index contributed by atoms with van der Waals surface area (Å²) in [4.78, 5) is 15.9. The summed E-state index contributed by atoms with van der Waals surface area (Å²) in [5, 5.41) is 12.2. The highest BCUT2D eigenvalue weighted by atomic mass is 35.5. The summed E-state index contributed by atoms with van der Waals surface area (Å²) in [6.07, 6.45) is 0.650. The summed E-state index contributed by atoms with van der Waals surface area (Å²) in [7, 11) is 1.86. The molecule has 2 rings (SSSR count). The van der Waals surface area contributed by atoms with Crippen LogP contribution in [0.2, 0.25) is 0 Å². The lowest BCUT2D eigenvalue weighted by Crippen LogP contribution is -2.34. The minimum absolute atomic E-state index is 0. The largest absolute Gasteiger partial charge is 0.337 e. The Morgan fingerprint density at radius 3 is 2.58 bits per heavy atom. The maximum Gasteiger partial charge on any atom is 0.315 e. The predicted octanol–water partition coefficient (Wildman–Crippen LogP) is 1.78. The zero-order valence-corrected chi connectivity index (χ0v) is 14.3. The van der Waals surface area contributed by atoms with E-state index in [-0.39, 0.29) is 36.8 Å². The van der Waals surface area contributed by atoms with Crippen molar-refractivity contribution in [1.29, 1.82) is 0 Å². The van der Waals surface area contributed by atoms with Crippen molar-refractivity contribution in [2.24, 2.45) is 0 Å². The highest BCUT2D eigenvalue weighted by Crippen LogP contribution is 2.02. The van der Waals surface area contributed by atoms with E-state index in [0.29, 0.717) is 24.7 Å². The number of nitrogens with zero attached hydrogens (tertiary/aromatic N) is 2. The van der Waals surface area contributed by atoms with Gasteiger partial charge in [0.15, 0.2) is 5.82 Å². The maximum atomic E-state index is 12.8. The van der Waals surface area contributed by atoms with Crippen LogP contribution in [0, 0.1) is 5.82 Å². The van der Waals surface area contributed by atoms with Crippen molar-refractivity contribution in [1.82, 2.24) is 26.1 Å². The number of carbonyl (C=O) groups excluding carboxylic acids is 1. The highest BCUT2D eigenvalue weighted by molar-refractivity contribution is 5.85. The zero-order valence-electron chi connectivity index (χ0n) is 13.5. The predicted molar refractivity (Wildman–Crippen MR) is 89.2 cm³/mol. The molecule has 7 nitrogen and oxygen atoms in total. The molecule has 0 aliphatic carbocycles. The van der Waals surface area contributed by atoms with Crippen molar-refractivity contribution in [3.63, 3.8) is 0 Å². The van der Waals surface area contributed by atoms with Gasteiger partial charge in [0.1, 0.15) is 5.82 Å². The van der Waals surface area contributed by atoms with Gasteiger partial charge in [-0.25, -0.2) is 9.18 Å². The monoisotopic (exact) mass is 357 g/mol. The topological polar surface area (TPSA) is 92.1 Å². The van der Waals surface area contributed by atoms with Crippen molar-refractivity contribution < 1.29 is 13.7 Å². The first-order valence-corrected chi connectivity index (χ1v) is 7.31. The Hall–Kier alpha value is -2.19. The van der Waals surface area contributed by atoms with Crippen molar-refractivity contribution in [3.05, 3.63) is 47.4 Å². The highest BCUT2D eigenvalue weighted by Gasteiger charge is 2.10. The van der Waals surface area contributed by atoms with Crippen LogP contribution in [-0.4, -0.2) is 29.3 Å². The molecule has 1 heterocycles. The molecule has 1 aromatic carbocycles. The average molecular weight is 358 g/mol. The normalized spacial score (nSPS) is 11.5. The first kappa shape index (κ1) is 19.9. The smallest absolute Gasteiger partial charge is 0.315 e. The van der Waals surface area contributed by atoms with Crippen LogP contribution in [0.5, 0.6) is 0 Å². The van der Waals surface area contributed by atoms with E-state index in [1.807, 2.05) is 14.0 Å². The van der Waals surface area contributed by atoms with Gasteiger partial charge in [0.05, 0.1) is 6.54 Å². The molecule has 1 atom stereocenters. The second-order valence-electron chi connectivity index (χ2n) is 5.16. The second-order valence-corrected chi connectivity index (χ2v) is 5.16. The second kappa shape index (κ2) is 9.84. The first-order chi connectivity index (χ1) is 11.1. The zero-order chi connectivity index (χ0) is 16.7. The molecule has 0 radical (unpaired) electrons. The van der Waals surface area contributed by atoms with Gasteiger partial charge in [-0.3, -0.25) is 0 Å². The number of hydrogen-bond donors (Lipinski definition) is 3. The minimum atomic E-state index is -0.363. The summed E-state index contributed by atoms with van der Waals surface area (Å²) >= 11 is 0. The van der Waals surface area contributed by atoms with Crippen molar-refractivity contribution >= 4 is 18.4 Å². The standard InChI is InChI=1S/C15H20FN5O2.ClH/c1-10(17-2)7-13-20-14(23-21-13)9-19-15(22)18-8-11-3-5-12(16)6-4-11;/h3-6,10,17H,7-9H2,1-2H3,(H2,18,19,22);1H. The van der Waals surface area contributed by atoms with E-state index >= 15 is 0 Å². The third kappa shape index (κ3) is 6.51. The molecule has 0 saturated carbocycles. The first-order valence-electron chi connectivity index (χ1n) is 7.31. The van der Waals surface area contributed by atoms with Crippen molar-refractivity contribution in [3.8, 4) is 0 Å². The fourth-order valence-corrected chi connectivity index (χ4v) is 1.82. The number of urea groups is 1. The van der Waals surface area contributed by atoms with E-state index in [0.717, 1.165) is 5.56 Å². The SMILES string of the molecule is CNC(C)Cc1noc(CNC(=O)NCc2ccc(F)cc2)n1.Cl. The van der Waals surface area contributed by atoms with E-state index in [1.54, 1.807) is 12.1 Å². The molecule has 9 heteroatoms. The summed E-state index contributed by atoms with van der Waals surface area (Å²) in [5.74, 6) is 0.633. The van der Waals surface area contributed by atoms with Crippen LogP contribution in [0.3, 0.4) is 0 Å². The summed E-state index contributed by atoms with van der Waals surface area (Å²) < 4.78 is 17.8. The molecule has 0 fully saturated rings. The minimum Gasteiger partial charge on any atom is -0.337 e. The van der Waals surface area contributed by atoms with Gasteiger partial charge in [0.25, 0.3) is 0 Å². The Morgan fingerprint density at radius 2 is 1.92 bits per heavy atom. The molecule has 0 aliphatic rings. The van der Waals surface area contributed by atoms with E-state index < -0.39 is 0 Å². The van der Waals surface area contributed by atoms with Gasteiger partial charge in [0.2, 0.25) is 5.89 Å². The van der Waals surface area contributed by atoms with Gasteiger partial charge in [-0.1, -0.05) is 17.3 Å². The number of rotatable bonds is 7. The molecule has 1 aromatic heterocycles. The molecule has 2 aromatic rings. The molecule has 3 N–H and O–H groups in total. The van der Waals surface area contributed by atoms with Gasteiger partial charge in [-0.05, 0) is 31.7 Å². The Balaban J connectivity index is 0.00000288. The van der Waals surface area contributed by atoms with E-state index in [9.17, 15) is 9.18 Å². The molecule has 0 aliphatic heterocycles. The number of likely N-dealkylation sites (N-methyl/N-ethyl adjacent to an activating group) is 1. The van der Waals surface area contributed by atoms with Gasteiger partial charge < -0.3 is 20.5 Å². The molecule has 0 saturated heterocycles. The van der Waals surface area contributed by atoms with Crippen LogP contribution >= 0.6 is 12.4 Å². The molecule has 0 bridgehead atoms. The number of halogens is 2. The van der Waals surface area contributed by atoms with E-state index in [4.69, 9.17) is 4.52 Å². The third-order valence-corrected chi connectivity index (χ3v) is 3.26. The van der Waals surface area contributed by atoms with Crippen LogP contribution < -0.4 is 16.0 Å². The number of carbonyl (C=O) groups is 1. The Labute approximate surface area is 145 Å². The van der Waals surface area contributed by atoms with Crippen LogP contribution in [-0.2, 0) is 19.5 Å². The number of amides is 2. The molecule has 0 spiro atoms. The number of nitrogens with one attached hydrogen (secondary N) is 3. The van der Waals surface area contributed by atoms with E-state index in [2.05, 4.69) is 26.1 Å². The lowest BCUT2D eigenvalue weighted by atomic mass is 10.2. The molecule has 24 heavy (non-hydrogen) atoms. The lowest BCUT2D eigenvalue weighted by Gasteiger charge is -2.06. The molecular formula is C15H21ClFN5O2. The quantitative estimate of drug-likeness (QED) is 0.702. The van der Waals surface area contributed by atoms with Crippen LogP contribution in [0.15, 0.2) is 28.8 Å². The van der Waals surface area contributed by atoms with E-state index in [1.165, 1.54) is 12.1 Å². The fraction of sp³-hybridized carbons (Fsp3) is 0.400. The van der Waals surface area contributed by atoms with Crippen LogP contribution in [0.4, 0.5) is 9.18 Å². The lowest BCUT2D eigenvalue weighted by molar-refractivity contribution is 0.238. The summed E-state index contributed by atoms with van der Waals surface area (Å²) in [5.41, 5.74) is 0.808. The summed E-state index contributed by atoms with van der Waals surface area (Å²) in [6, 6.07) is 5.80. The van der Waals surface area contributed by atoms with Gasteiger partial charge >= 0.3 is 6.03 Å². The van der Waals surface area contributed by atoms with Crippen molar-refractivity contribution in [2.75, 3.05) is 7.05 Å². The molecule has 2 amide bonds. The average Bonchev–Trinajstić information content (AvgIpc) is 2.99. The number of hydrogen-bond acceptors (Lipinski definition) is 5. The van der Waals surface area contributed by atoms with Crippen molar-refractivity contribution in [2.45, 2.75) is 32.5 Å². The van der Waals surface area contributed by atoms with Gasteiger partial charge in [0, 0.05) is 19.0 Å². The Bertz CT molecular complexity index is 635. The van der Waals surface area contributed by atoms with Crippen LogP contribution in [0.1, 0.15) is 24.2 Å². The maximum absolute atomic E-state index is 12.8. The summed E-state index contributed by atoms with van der Waals surface area (Å²) in [6.45, 7) is 2.47. The van der Waals surface area contributed by atoms with Crippen LogP contribution in [0.25, 0.3) is 0 Å². The van der Waals surface area contributed by atoms with Gasteiger partial charge in [-0.15, -0.1) is 12.4 Å². The Kier molecular flexibility index (Phi) is 8.14. The Morgan fingerprint density at radius 1 is 1.25 bits per heavy atom. The molecule has 132 valence electrons. The number of benzene rings is 1. The molecule has 1 unspecified atom stereocenters. The van der Waals surface area contributed by atoms with Gasteiger partial charge in [-0.2, -0.15) is 4.98 Å².